The van der Waals surface area contributed by atoms with E-state index in [1.54, 1.807) is 24.3 Å². The number of halogens is 1. The molecule has 0 aromatic heterocycles. The Bertz CT molecular complexity index is 1060. The topological polar surface area (TPSA) is 79.3 Å². The number of carbonyl (C=O) groups excluding carboxylic acids is 2. The van der Waals surface area contributed by atoms with E-state index < -0.39 is 29.3 Å². The molecule has 3 rings (SSSR count). The molecule has 1 N–H and O–H groups in total. The van der Waals surface area contributed by atoms with Crippen LogP contribution < -0.4 is 9.47 Å². The van der Waals surface area contributed by atoms with Crippen LogP contribution in [-0.4, -0.2) is 66.5 Å². The summed E-state index contributed by atoms with van der Waals surface area (Å²) < 4.78 is 24.8. The van der Waals surface area contributed by atoms with Crippen LogP contribution in [-0.2, 0) is 9.59 Å². The van der Waals surface area contributed by atoms with Crippen LogP contribution in [0, 0.1) is 5.82 Å². The number of rotatable bonds is 10. The van der Waals surface area contributed by atoms with Gasteiger partial charge in [0, 0.05) is 18.7 Å². The molecule has 1 fully saturated rings. The molecule has 7 nitrogen and oxygen atoms in total. The maximum absolute atomic E-state index is 14.3. The lowest BCUT2D eigenvalue weighted by molar-refractivity contribution is -0.140. The summed E-state index contributed by atoms with van der Waals surface area (Å²) in [5.74, 6) is -1.93. The minimum atomic E-state index is -0.809. The van der Waals surface area contributed by atoms with E-state index in [9.17, 15) is 19.1 Å². The van der Waals surface area contributed by atoms with E-state index in [4.69, 9.17) is 9.47 Å². The van der Waals surface area contributed by atoms with Crippen molar-refractivity contribution >= 4 is 17.4 Å². The molecule has 0 bridgehead atoms. The van der Waals surface area contributed by atoms with Crippen molar-refractivity contribution in [2.75, 3.05) is 39.9 Å². The molecule has 2 aromatic rings. The van der Waals surface area contributed by atoms with E-state index in [0.717, 1.165) is 19.2 Å². The molecule has 1 aliphatic rings. The quantitative estimate of drug-likeness (QED) is 0.321. The smallest absolute Gasteiger partial charge is 0.295 e. The Morgan fingerprint density at radius 3 is 2.32 bits per heavy atom. The summed E-state index contributed by atoms with van der Waals surface area (Å²) in [5, 5.41) is 11.1. The van der Waals surface area contributed by atoms with E-state index in [0.29, 0.717) is 31.0 Å². The second-order valence-corrected chi connectivity index (χ2v) is 7.87. The van der Waals surface area contributed by atoms with Crippen molar-refractivity contribution in [2.24, 2.45) is 0 Å². The highest BCUT2D eigenvalue weighted by Gasteiger charge is 2.46. The van der Waals surface area contributed by atoms with Gasteiger partial charge in [0.25, 0.3) is 11.7 Å². The van der Waals surface area contributed by atoms with E-state index in [1.807, 2.05) is 20.8 Å². The fourth-order valence-corrected chi connectivity index (χ4v) is 4.13. The van der Waals surface area contributed by atoms with E-state index >= 15 is 0 Å². The monoisotopic (exact) mass is 470 g/mol. The number of Topliss-reactive ketones (excluding diaryl/α,β-unsaturated/α-hetero) is 1. The van der Waals surface area contributed by atoms with Crippen molar-refractivity contribution in [2.45, 2.75) is 26.8 Å². The first-order valence-electron chi connectivity index (χ1n) is 11.4. The molecule has 0 radical (unpaired) electrons. The normalized spacial score (nSPS) is 17.5. The van der Waals surface area contributed by atoms with Crippen LogP contribution in [0.15, 0.2) is 48.0 Å². The van der Waals surface area contributed by atoms with Crippen LogP contribution >= 0.6 is 0 Å². The zero-order valence-electron chi connectivity index (χ0n) is 20.0. The maximum Gasteiger partial charge on any atom is 0.295 e. The van der Waals surface area contributed by atoms with Gasteiger partial charge in [0.15, 0.2) is 11.6 Å². The molecule has 2 aromatic carbocycles. The summed E-state index contributed by atoms with van der Waals surface area (Å²) >= 11 is 0. The van der Waals surface area contributed by atoms with Crippen LogP contribution in [0.2, 0.25) is 0 Å². The Kier molecular flexibility index (Phi) is 8.28. The molecule has 8 heteroatoms. The van der Waals surface area contributed by atoms with Crippen LogP contribution in [0.1, 0.15) is 37.9 Å². The SMILES string of the molecule is CCOc1ccc(C2C(=C(O)c3ccc(OC)c(F)c3)C(=O)C(=O)N2CCN(CC)CC)cc1. The highest BCUT2D eigenvalue weighted by molar-refractivity contribution is 6.46. The molecule has 34 heavy (non-hydrogen) atoms. The molecule has 0 saturated carbocycles. The predicted octanol–water partition coefficient (Wildman–Crippen LogP) is 4.00. The molecule has 1 amide bonds. The van der Waals surface area contributed by atoms with Crippen molar-refractivity contribution in [1.29, 1.82) is 0 Å². The first kappa shape index (κ1) is 25.2. The second-order valence-electron chi connectivity index (χ2n) is 7.87. The molecule has 1 heterocycles. The van der Waals surface area contributed by atoms with Crippen molar-refractivity contribution < 1.29 is 28.6 Å². The van der Waals surface area contributed by atoms with Gasteiger partial charge in [0.05, 0.1) is 25.3 Å². The average Bonchev–Trinajstić information content (AvgIpc) is 3.10. The Morgan fingerprint density at radius 1 is 1.09 bits per heavy atom. The van der Waals surface area contributed by atoms with E-state index in [2.05, 4.69) is 4.90 Å². The first-order chi connectivity index (χ1) is 16.4. The number of hydrogen-bond acceptors (Lipinski definition) is 6. The van der Waals surface area contributed by atoms with Crippen molar-refractivity contribution in [3.05, 3.63) is 65.0 Å². The predicted molar refractivity (Wildman–Crippen MR) is 127 cm³/mol. The fraction of sp³-hybridized carbons (Fsp3) is 0.385. The number of likely N-dealkylation sites (tertiary alicyclic amines) is 1. The minimum Gasteiger partial charge on any atom is -0.507 e. The lowest BCUT2D eigenvalue weighted by atomic mass is 9.95. The molecule has 0 aliphatic carbocycles. The van der Waals surface area contributed by atoms with Gasteiger partial charge in [0.2, 0.25) is 0 Å². The first-order valence-corrected chi connectivity index (χ1v) is 11.4. The molecule has 0 spiro atoms. The lowest BCUT2D eigenvalue weighted by Gasteiger charge is -2.28. The number of aliphatic hydroxyl groups excluding tert-OH is 1. The van der Waals surface area contributed by atoms with Gasteiger partial charge in [-0.3, -0.25) is 9.59 Å². The number of methoxy groups -OCH3 is 1. The van der Waals surface area contributed by atoms with Gasteiger partial charge < -0.3 is 24.4 Å². The van der Waals surface area contributed by atoms with Gasteiger partial charge in [0.1, 0.15) is 11.5 Å². The number of aliphatic hydroxyl groups is 1. The Morgan fingerprint density at radius 2 is 1.76 bits per heavy atom. The summed E-state index contributed by atoms with van der Waals surface area (Å²) in [6, 6.07) is 10.2. The van der Waals surface area contributed by atoms with Crippen molar-refractivity contribution in [1.82, 2.24) is 9.80 Å². The second kappa shape index (κ2) is 11.2. The standard InChI is InChI=1S/C26H31FN2O5/c1-5-28(6-2)14-15-29-23(17-8-11-19(12-9-17)34-7-3)22(25(31)26(29)32)24(30)18-10-13-21(33-4)20(27)16-18/h8-13,16,23,30H,5-7,14-15H2,1-4H3. The van der Waals surface area contributed by atoms with Crippen LogP contribution in [0.3, 0.4) is 0 Å². The van der Waals surface area contributed by atoms with E-state index in [-0.39, 0.29) is 16.9 Å². The van der Waals surface area contributed by atoms with Crippen molar-refractivity contribution in [3.63, 3.8) is 0 Å². The number of likely N-dealkylation sites (N-methyl/N-ethyl adjacent to an activating group) is 1. The molecule has 182 valence electrons. The molecule has 1 aliphatic heterocycles. The number of benzene rings is 2. The molecule has 1 unspecified atom stereocenters. The summed E-state index contributed by atoms with van der Waals surface area (Å²) in [7, 11) is 1.34. The highest BCUT2D eigenvalue weighted by Crippen LogP contribution is 2.40. The van der Waals surface area contributed by atoms with Gasteiger partial charge in [-0.15, -0.1) is 0 Å². The van der Waals surface area contributed by atoms with Crippen LogP contribution in [0.25, 0.3) is 5.76 Å². The van der Waals surface area contributed by atoms with Gasteiger partial charge in [-0.1, -0.05) is 26.0 Å². The number of amides is 1. The summed E-state index contributed by atoms with van der Waals surface area (Å²) in [4.78, 5) is 29.8. The highest BCUT2D eigenvalue weighted by atomic mass is 19.1. The number of hydrogen-bond donors (Lipinski definition) is 1. The zero-order valence-corrected chi connectivity index (χ0v) is 20.0. The van der Waals surface area contributed by atoms with Gasteiger partial charge in [-0.25, -0.2) is 4.39 Å². The zero-order chi connectivity index (χ0) is 24.8. The number of carbonyl (C=O) groups is 2. The fourth-order valence-electron chi connectivity index (χ4n) is 4.13. The maximum atomic E-state index is 14.3. The Labute approximate surface area is 199 Å². The molecular weight excluding hydrogens is 439 g/mol. The number of ether oxygens (including phenoxy) is 2. The Balaban J connectivity index is 2.09. The average molecular weight is 471 g/mol. The minimum absolute atomic E-state index is 0.0132. The third kappa shape index (κ3) is 5.07. The van der Waals surface area contributed by atoms with E-state index in [1.165, 1.54) is 24.1 Å². The summed E-state index contributed by atoms with van der Waals surface area (Å²) in [5.41, 5.74) is 0.673. The molecule has 1 saturated heterocycles. The largest absolute Gasteiger partial charge is 0.507 e. The summed E-state index contributed by atoms with van der Waals surface area (Å²) in [6.45, 7) is 8.93. The third-order valence-corrected chi connectivity index (χ3v) is 6.02. The van der Waals surface area contributed by atoms with Gasteiger partial charge >= 0.3 is 0 Å². The third-order valence-electron chi connectivity index (χ3n) is 6.02. The van der Waals surface area contributed by atoms with Crippen LogP contribution in [0.4, 0.5) is 4.39 Å². The lowest BCUT2D eigenvalue weighted by Crippen LogP contribution is -2.38. The van der Waals surface area contributed by atoms with Crippen molar-refractivity contribution in [3.8, 4) is 11.5 Å². The number of ketones is 1. The number of nitrogens with zero attached hydrogens (tertiary/aromatic N) is 2. The molecular formula is C26H31FN2O5. The molecule has 1 atom stereocenters. The van der Waals surface area contributed by atoms with Crippen LogP contribution in [0.5, 0.6) is 11.5 Å². The van der Waals surface area contributed by atoms with Gasteiger partial charge in [-0.2, -0.15) is 0 Å². The Hall–Kier alpha value is -3.39. The van der Waals surface area contributed by atoms with Gasteiger partial charge in [-0.05, 0) is 55.9 Å². The summed E-state index contributed by atoms with van der Waals surface area (Å²) in [6.07, 6.45) is 0.